The van der Waals surface area contributed by atoms with Gasteiger partial charge in [0.15, 0.2) is 10.4 Å². The minimum absolute atomic E-state index is 0.0143. The van der Waals surface area contributed by atoms with Crippen molar-refractivity contribution < 1.29 is 17.9 Å². The first kappa shape index (κ1) is 13.6. The Morgan fingerprint density at radius 2 is 1.74 bits per heavy atom. The second kappa shape index (κ2) is 4.46. The van der Waals surface area contributed by atoms with Gasteiger partial charge in [-0.3, -0.25) is 4.79 Å². The van der Waals surface area contributed by atoms with Gasteiger partial charge in [0, 0.05) is 16.3 Å². The normalized spacial score (nSPS) is 15.0. The SMILES string of the molecule is O=C1c2ccccc2S(=O)(=O)c2cc(-c3n[nH][n+](=O)[nH]3)ccc21. The quantitative estimate of drug-likeness (QED) is 0.498. The van der Waals surface area contributed by atoms with Gasteiger partial charge in [-0.05, 0) is 35.2 Å². The van der Waals surface area contributed by atoms with Crippen LogP contribution >= 0.6 is 0 Å². The number of nitrogens with zero attached hydrogens (tertiary/aromatic N) is 2. The predicted molar refractivity (Wildman–Crippen MR) is 77.1 cm³/mol. The zero-order valence-electron chi connectivity index (χ0n) is 11.5. The number of hydrogen-bond donors (Lipinski definition) is 2. The first-order chi connectivity index (χ1) is 11.0. The lowest BCUT2D eigenvalue weighted by Crippen LogP contribution is -2.20. The summed E-state index contributed by atoms with van der Waals surface area (Å²) >= 11 is 0. The lowest BCUT2D eigenvalue weighted by atomic mass is 10.0. The average Bonchev–Trinajstić information content (AvgIpc) is 2.99. The smallest absolute Gasteiger partial charge is 0.289 e. The third kappa shape index (κ3) is 1.87. The highest BCUT2D eigenvalue weighted by molar-refractivity contribution is 7.91. The molecule has 9 heteroatoms. The summed E-state index contributed by atoms with van der Waals surface area (Å²) < 4.78 is 25.8. The van der Waals surface area contributed by atoms with E-state index in [0.29, 0.717) is 5.56 Å². The van der Waals surface area contributed by atoms with Crippen molar-refractivity contribution in [2.45, 2.75) is 9.79 Å². The number of benzene rings is 2. The fourth-order valence-corrected chi connectivity index (χ4v) is 4.28. The summed E-state index contributed by atoms with van der Waals surface area (Å²) in [5.41, 5.74) is 0.653. The molecular weight excluding hydrogens is 320 g/mol. The van der Waals surface area contributed by atoms with Gasteiger partial charge in [-0.1, -0.05) is 12.1 Å². The Hall–Kier alpha value is -3.07. The Morgan fingerprint density at radius 1 is 1.00 bits per heavy atom. The Bertz CT molecular complexity index is 1130. The molecule has 0 saturated heterocycles. The van der Waals surface area contributed by atoms with Gasteiger partial charge < -0.3 is 0 Å². The van der Waals surface area contributed by atoms with Crippen LogP contribution in [0.3, 0.4) is 0 Å². The number of fused-ring (bicyclic) bond motifs is 2. The molecule has 2 heterocycles. The number of nitrogens with one attached hydrogen (secondary N) is 2. The highest BCUT2D eigenvalue weighted by atomic mass is 32.2. The van der Waals surface area contributed by atoms with Crippen LogP contribution in [0.1, 0.15) is 15.9 Å². The second-order valence-electron chi connectivity index (χ2n) is 5.01. The van der Waals surface area contributed by atoms with Crippen LogP contribution in [0.2, 0.25) is 0 Å². The van der Waals surface area contributed by atoms with E-state index in [4.69, 9.17) is 0 Å². The van der Waals surface area contributed by atoms with Crippen molar-refractivity contribution in [2.75, 3.05) is 0 Å². The van der Waals surface area contributed by atoms with Crippen LogP contribution in [0.4, 0.5) is 0 Å². The maximum absolute atomic E-state index is 12.8. The summed E-state index contributed by atoms with van der Waals surface area (Å²) in [4.78, 5) is 23.5. The molecular formula is C14H9N4O4S+. The lowest BCUT2D eigenvalue weighted by Gasteiger charge is -2.18. The number of tetrazole rings is 1. The molecule has 1 aromatic heterocycles. The molecule has 1 aliphatic heterocycles. The highest BCUT2D eigenvalue weighted by Gasteiger charge is 2.35. The minimum atomic E-state index is -3.82. The Labute approximate surface area is 129 Å². The van der Waals surface area contributed by atoms with Gasteiger partial charge in [0.1, 0.15) is 0 Å². The van der Waals surface area contributed by atoms with Crippen molar-refractivity contribution in [3.05, 3.63) is 58.5 Å². The molecule has 0 saturated carbocycles. The number of aromatic nitrogens is 4. The summed E-state index contributed by atoms with van der Waals surface area (Å²) in [6.45, 7) is 0. The van der Waals surface area contributed by atoms with Crippen molar-refractivity contribution in [3.63, 3.8) is 0 Å². The Kier molecular flexibility index (Phi) is 2.64. The Morgan fingerprint density at radius 3 is 2.48 bits per heavy atom. The number of rotatable bonds is 1. The zero-order chi connectivity index (χ0) is 16.2. The molecule has 0 atom stereocenters. The highest BCUT2D eigenvalue weighted by Crippen LogP contribution is 2.35. The molecule has 114 valence electrons. The molecule has 1 aliphatic rings. The van der Waals surface area contributed by atoms with Gasteiger partial charge >= 0.3 is 5.82 Å². The zero-order valence-corrected chi connectivity index (χ0v) is 12.3. The van der Waals surface area contributed by atoms with Crippen molar-refractivity contribution >= 4 is 15.6 Å². The number of hydrogen-bond acceptors (Lipinski definition) is 5. The molecule has 0 fully saturated rings. The first-order valence-corrected chi connectivity index (χ1v) is 8.07. The summed E-state index contributed by atoms with van der Waals surface area (Å²) in [5, 5.41) is 8.24. The summed E-state index contributed by atoms with van der Waals surface area (Å²) in [5.74, 6) is -0.175. The summed E-state index contributed by atoms with van der Waals surface area (Å²) in [7, 11) is -3.82. The van der Waals surface area contributed by atoms with Gasteiger partial charge in [0.25, 0.3) is 0 Å². The van der Waals surface area contributed by atoms with Gasteiger partial charge in [0.05, 0.1) is 20.5 Å². The molecule has 0 amide bonds. The van der Waals surface area contributed by atoms with E-state index < -0.39 is 9.84 Å². The van der Waals surface area contributed by atoms with E-state index in [0.717, 1.165) is 0 Å². The third-order valence-electron chi connectivity index (χ3n) is 3.67. The second-order valence-corrected chi connectivity index (χ2v) is 6.89. The molecule has 2 N–H and O–H groups in total. The van der Waals surface area contributed by atoms with Crippen molar-refractivity contribution in [1.82, 2.24) is 15.4 Å². The van der Waals surface area contributed by atoms with E-state index in [-0.39, 0.29) is 37.2 Å². The van der Waals surface area contributed by atoms with Crippen LogP contribution in [0.15, 0.2) is 52.3 Å². The van der Waals surface area contributed by atoms with Gasteiger partial charge in [0.2, 0.25) is 9.84 Å². The average molecular weight is 329 g/mol. The molecule has 23 heavy (non-hydrogen) atoms. The predicted octanol–water partition coefficient (Wildman–Crippen LogP) is 0.697. The molecule has 0 spiro atoms. The van der Waals surface area contributed by atoms with Crippen LogP contribution in [0, 0.1) is 4.91 Å². The number of carbonyl (C=O) groups is 1. The maximum atomic E-state index is 12.8. The molecule has 4 rings (SSSR count). The van der Waals surface area contributed by atoms with Crippen molar-refractivity contribution in [1.29, 1.82) is 0 Å². The number of H-pyrrole nitrogens is 2. The van der Waals surface area contributed by atoms with Crippen LogP contribution in [0.25, 0.3) is 11.4 Å². The monoisotopic (exact) mass is 329 g/mol. The van der Waals surface area contributed by atoms with Crippen LogP contribution < -0.4 is 4.66 Å². The van der Waals surface area contributed by atoms with Gasteiger partial charge in [-0.15, -0.1) is 5.10 Å². The number of aromatic amines is 2. The molecule has 0 radical (unpaired) electrons. The van der Waals surface area contributed by atoms with E-state index >= 15 is 0 Å². The molecule has 0 aliphatic carbocycles. The number of carbonyl (C=O) groups excluding carboxylic acids is 1. The molecule has 0 bridgehead atoms. The van der Waals surface area contributed by atoms with Crippen molar-refractivity contribution in [2.24, 2.45) is 0 Å². The van der Waals surface area contributed by atoms with E-state index in [1.807, 2.05) is 0 Å². The molecule has 3 aromatic rings. The fourth-order valence-electron chi connectivity index (χ4n) is 2.60. The third-order valence-corrected chi connectivity index (χ3v) is 5.52. The molecule has 0 unspecified atom stereocenters. The van der Waals surface area contributed by atoms with Gasteiger partial charge in [-0.2, -0.15) is 0 Å². The summed E-state index contributed by atoms with van der Waals surface area (Å²) in [6, 6.07) is 10.4. The number of sulfone groups is 1. The minimum Gasteiger partial charge on any atom is -0.289 e. The number of ketones is 1. The topological polar surface area (TPSA) is 119 Å². The largest absolute Gasteiger partial charge is 0.313 e. The first-order valence-electron chi connectivity index (χ1n) is 6.59. The van der Waals surface area contributed by atoms with Gasteiger partial charge in [-0.25, -0.2) is 8.42 Å². The van der Waals surface area contributed by atoms with Crippen LogP contribution in [0.5, 0.6) is 0 Å². The molecule has 8 nitrogen and oxygen atoms in total. The van der Waals surface area contributed by atoms with Crippen molar-refractivity contribution in [3.8, 4) is 11.4 Å². The van der Waals surface area contributed by atoms with E-state index in [2.05, 4.69) is 15.4 Å². The van der Waals surface area contributed by atoms with Crippen LogP contribution in [-0.4, -0.2) is 29.6 Å². The van der Waals surface area contributed by atoms with E-state index in [9.17, 15) is 18.1 Å². The van der Waals surface area contributed by atoms with E-state index in [1.54, 1.807) is 12.1 Å². The van der Waals surface area contributed by atoms with Crippen LogP contribution in [-0.2, 0) is 9.84 Å². The maximum Gasteiger partial charge on any atom is 0.313 e. The van der Waals surface area contributed by atoms with E-state index in [1.165, 1.54) is 30.3 Å². The Balaban J connectivity index is 2.00. The lowest BCUT2D eigenvalue weighted by molar-refractivity contribution is -0.625. The fraction of sp³-hybridized carbons (Fsp3) is 0. The summed E-state index contributed by atoms with van der Waals surface area (Å²) in [6.07, 6.45) is 0. The standard InChI is InChI=1S/C14H8N4O4S/c19-13-9-3-1-2-4-11(9)23(21,22)12-7-8(5-6-10(12)13)14-15-17-18(20)16-14/h1-7H,(H-,15,16,17,19,20)/p+1. The molecule has 2 aromatic carbocycles.